The third-order valence-electron chi connectivity index (χ3n) is 2.32. The Labute approximate surface area is 96.3 Å². The van der Waals surface area contributed by atoms with Gasteiger partial charge in [0.15, 0.2) is 0 Å². The van der Waals surface area contributed by atoms with Crippen LogP contribution in [0.4, 0.5) is 0 Å². The van der Waals surface area contributed by atoms with Crippen LogP contribution in [0.2, 0.25) is 0 Å². The van der Waals surface area contributed by atoms with E-state index in [1.807, 2.05) is 33.2 Å². The van der Waals surface area contributed by atoms with Gasteiger partial charge in [-0.05, 0) is 31.9 Å². The minimum Gasteiger partial charge on any atom is -0.370 e. The van der Waals surface area contributed by atoms with Gasteiger partial charge in [0, 0.05) is 30.9 Å². The smallest absolute Gasteiger partial charge is 0.219 e. The Balaban J connectivity index is 2.54. The molecule has 0 radical (unpaired) electrons. The van der Waals surface area contributed by atoms with Gasteiger partial charge in [0.1, 0.15) is 0 Å². The maximum absolute atomic E-state index is 10.9. The van der Waals surface area contributed by atoms with E-state index in [1.165, 1.54) is 0 Å². The highest BCUT2D eigenvalue weighted by molar-refractivity contribution is 5.74. The van der Waals surface area contributed by atoms with E-state index in [9.17, 15) is 4.79 Å². The molecule has 0 saturated carbocycles. The summed E-state index contributed by atoms with van der Waals surface area (Å²) in [7, 11) is 0. The molecule has 1 amide bonds. The van der Waals surface area contributed by atoms with Gasteiger partial charge >= 0.3 is 0 Å². The molecule has 0 saturated heterocycles. The van der Waals surface area contributed by atoms with Gasteiger partial charge in [-0.3, -0.25) is 9.78 Å². The quantitative estimate of drug-likeness (QED) is 0.783. The van der Waals surface area contributed by atoms with Crippen molar-refractivity contribution >= 4 is 5.91 Å². The molecule has 0 aromatic carbocycles. The van der Waals surface area contributed by atoms with E-state index in [4.69, 9.17) is 5.73 Å². The van der Waals surface area contributed by atoms with Gasteiger partial charge in [-0.15, -0.1) is 0 Å². The van der Waals surface area contributed by atoms with Gasteiger partial charge in [-0.2, -0.15) is 0 Å². The van der Waals surface area contributed by atoms with Crippen molar-refractivity contribution in [1.29, 1.82) is 0 Å². The minimum absolute atomic E-state index is 0.282. The van der Waals surface area contributed by atoms with Gasteiger partial charge in [-0.25, -0.2) is 0 Å². The topological polar surface area (TPSA) is 68.0 Å². The van der Waals surface area contributed by atoms with Crippen molar-refractivity contribution in [3.63, 3.8) is 0 Å². The summed E-state index contributed by atoms with van der Waals surface area (Å²) in [6.45, 7) is 6.61. The van der Waals surface area contributed by atoms with Crippen molar-refractivity contribution in [3.05, 3.63) is 29.6 Å². The summed E-state index contributed by atoms with van der Waals surface area (Å²) in [5, 5.41) is 3.29. The van der Waals surface area contributed by atoms with Gasteiger partial charge < -0.3 is 11.1 Å². The Kier molecular flexibility index (Phi) is 4.01. The van der Waals surface area contributed by atoms with Crippen LogP contribution < -0.4 is 11.1 Å². The van der Waals surface area contributed by atoms with Crippen LogP contribution in [0.15, 0.2) is 18.5 Å². The van der Waals surface area contributed by atoms with Crippen LogP contribution in [0, 0.1) is 6.92 Å². The predicted molar refractivity (Wildman–Crippen MR) is 63.7 cm³/mol. The molecular weight excluding hydrogens is 202 g/mol. The SMILES string of the molecule is Cc1cncc(CNC(C)(C)CC(N)=O)c1. The number of aryl methyl sites for hydroxylation is 1. The number of nitrogens with zero attached hydrogens (tertiary/aromatic N) is 1. The number of aromatic nitrogens is 1. The van der Waals surface area contributed by atoms with Gasteiger partial charge in [-0.1, -0.05) is 6.07 Å². The maximum Gasteiger partial charge on any atom is 0.219 e. The van der Waals surface area contributed by atoms with Gasteiger partial charge in [0.25, 0.3) is 0 Å². The fraction of sp³-hybridized carbons (Fsp3) is 0.500. The molecule has 88 valence electrons. The van der Waals surface area contributed by atoms with Gasteiger partial charge in [0.05, 0.1) is 0 Å². The first kappa shape index (κ1) is 12.6. The number of carbonyl (C=O) groups is 1. The summed E-state index contributed by atoms with van der Waals surface area (Å²) >= 11 is 0. The van der Waals surface area contributed by atoms with Crippen LogP contribution >= 0.6 is 0 Å². The third-order valence-corrected chi connectivity index (χ3v) is 2.32. The molecule has 0 aliphatic rings. The molecule has 4 nitrogen and oxygen atoms in total. The highest BCUT2D eigenvalue weighted by atomic mass is 16.1. The second-order valence-corrected chi connectivity index (χ2v) is 4.75. The molecular formula is C12H19N3O. The lowest BCUT2D eigenvalue weighted by atomic mass is 10.00. The summed E-state index contributed by atoms with van der Waals surface area (Å²) in [6, 6.07) is 2.07. The van der Waals surface area contributed by atoms with Crippen LogP contribution in [0.1, 0.15) is 31.4 Å². The average Bonchev–Trinajstić information content (AvgIpc) is 2.13. The zero-order chi connectivity index (χ0) is 12.2. The molecule has 3 N–H and O–H groups in total. The lowest BCUT2D eigenvalue weighted by Gasteiger charge is -2.24. The summed E-state index contributed by atoms with van der Waals surface area (Å²) in [6.07, 6.45) is 3.96. The van der Waals surface area contributed by atoms with E-state index in [0.29, 0.717) is 13.0 Å². The highest BCUT2D eigenvalue weighted by Crippen LogP contribution is 2.09. The summed E-state index contributed by atoms with van der Waals surface area (Å²) in [5.74, 6) is -0.292. The lowest BCUT2D eigenvalue weighted by molar-refractivity contribution is -0.119. The molecule has 0 unspecified atom stereocenters. The fourth-order valence-electron chi connectivity index (χ4n) is 1.55. The summed E-state index contributed by atoms with van der Waals surface area (Å²) in [4.78, 5) is 15.0. The van der Waals surface area contributed by atoms with E-state index in [2.05, 4.69) is 16.4 Å². The molecule has 1 aromatic rings. The predicted octanol–water partition coefficient (Wildman–Crippen LogP) is 1.13. The van der Waals surface area contributed by atoms with Crippen LogP contribution in [0.5, 0.6) is 0 Å². The van der Waals surface area contributed by atoms with Crippen molar-refractivity contribution < 1.29 is 4.79 Å². The lowest BCUT2D eigenvalue weighted by Crippen LogP contribution is -2.42. The van der Waals surface area contributed by atoms with Crippen LogP contribution in [-0.4, -0.2) is 16.4 Å². The van der Waals surface area contributed by atoms with Crippen LogP contribution in [0.25, 0.3) is 0 Å². The first-order valence-corrected chi connectivity index (χ1v) is 5.33. The number of hydrogen-bond acceptors (Lipinski definition) is 3. The average molecular weight is 221 g/mol. The maximum atomic E-state index is 10.9. The Bertz CT molecular complexity index is 374. The zero-order valence-electron chi connectivity index (χ0n) is 10.1. The molecule has 0 fully saturated rings. The molecule has 0 bridgehead atoms. The van der Waals surface area contributed by atoms with E-state index in [-0.39, 0.29) is 11.4 Å². The van der Waals surface area contributed by atoms with Crippen molar-refractivity contribution in [1.82, 2.24) is 10.3 Å². The first-order valence-electron chi connectivity index (χ1n) is 5.33. The van der Waals surface area contributed by atoms with E-state index >= 15 is 0 Å². The number of primary amides is 1. The highest BCUT2D eigenvalue weighted by Gasteiger charge is 2.19. The van der Waals surface area contributed by atoms with Gasteiger partial charge in [0.2, 0.25) is 5.91 Å². The van der Waals surface area contributed by atoms with Crippen LogP contribution in [0.3, 0.4) is 0 Å². The zero-order valence-corrected chi connectivity index (χ0v) is 10.1. The second kappa shape index (κ2) is 5.07. The number of hydrogen-bond donors (Lipinski definition) is 2. The molecule has 0 aliphatic heterocycles. The monoisotopic (exact) mass is 221 g/mol. The molecule has 16 heavy (non-hydrogen) atoms. The molecule has 1 aromatic heterocycles. The largest absolute Gasteiger partial charge is 0.370 e. The normalized spacial score (nSPS) is 11.4. The minimum atomic E-state index is -0.292. The molecule has 1 rings (SSSR count). The molecule has 4 heteroatoms. The molecule has 0 atom stereocenters. The third kappa shape index (κ3) is 4.40. The molecule has 0 aliphatic carbocycles. The van der Waals surface area contributed by atoms with E-state index in [0.717, 1.165) is 11.1 Å². The Morgan fingerprint density at radius 2 is 2.19 bits per heavy atom. The van der Waals surface area contributed by atoms with E-state index < -0.39 is 0 Å². The summed E-state index contributed by atoms with van der Waals surface area (Å²) < 4.78 is 0. The van der Waals surface area contributed by atoms with E-state index in [1.54, 1.807) is 0 Å². The standard InChI is InChI=1S/C12H19N3O/c1-9-4-10(7-14-6-9)8-15-12(2,3)5-11(13)16/h4,6-7,15H,5,8H2,1-3H3,(H2,13,16). The van der Waals surface area contributed by atoms with Crippen molar-refractivity contribution in [2.45, 2.75) is 39.3 Å². The van der Waals surface area contributed by atoms with Crippen molar-refractivity contribution in [2.75, 3.05) is 0 Å². The number of nitrogens with two attached hydrogens (primary N) is 1. The molecule has 0 spiro atoms. The number of pyridine rings is 1. The molecule has 1 heterocycles. The summed E-state index contributed by atoms with van der Waals surface area (Å²) in [5.41, 5.74) is 7.14. The number of carbonyl (C=O) groups excluding carboxylic acids is 1. The second-order valence-electron chi connectivity index (χ2n) is 4.75. The van der Waals surface area contributed by atoms with Crippen molar-refractivity contribution in [3.8, 4) is 0 Å². The Morgan fingerprint density at radius 1 is 1.50 bits per heavy atom. The fourth-order valence-corrected chi connectivity index (χ4v) is 1.55. The first-order chi connectivity index (χ1) is 7.39. The number of amides is 1. The van der Waals surface area contributed by atoms with Crippen LogP contribution in [-0.2, 0) is 11.3 Å². The number of nitrogens with one attached hydrogen (secondary N) is 1. The number of rotatable bonds is 5. The van der Waals surface area contributed by atoms with Crippen molar-refractivity contribution in [2.24, 2.45) is 5.73 Å². The Morgan fingerprint density at radius 3 is 2.75 bits per heavy atom. The Hall–Kier alpha value is -1.42.